The summed E-state index contributed by atoms with van der Waals surface area (Å²) in [6.07, 6.45) is 4.96. The standard InChI is InChI=1S/C18H23ClO2/c1-18(2)15(16(18)17(20)21-3)12-14(19)11-7-10-13-8-5-4-6-9-13/h4-6,8-9,12,15-16H,7,10-11H2,1-3H3/b14-12-. The third-order valence-corrected chi connectivity index (χ3v) is 4.77. The summed E-state index contributed by atoms with van der Waals surface area (Å²) < 4.78 is 4.85. The molecule has 0 N–H and O–H groups in total. The second-order valence-corrected chi connectivity index (χ2v) is 6.79. The minimum absolute atomic E-state index is 0.0351. The van der Waals surface area contributed by atoms with E-state index in [4.69, 9.17) is 16.3 Å². The lowest BCUT2D eigenvalue weighted by atomic mass is 10.1. The Morgan fingerprint density at radius 2 is 2.00 bits per heavy atom. The van der Waals surface area contributed by atoms with Gasteiger partial charge < -0.3 is 4.74 Å². The molecule has 0 heterocycles. The molecule has 21 heavy (non-hydrogen) atoms. The van der Waals surface area contributed by atoms with Crippen molar-refractivity contribution < 1.29 is 9.53 Å². The van der Waals surface area contributed by atoms with Gasteiger partial charge in [0.25, 0.3) is 0 Å². The van der Waals surface area contributed by atoms with Gasteiger partial charge in [-0.05, 0) is 36.2 Å². The first-order valence-electron chi connectivity index (χ1n) is 7.44. The highest BCUT2D eigenvalue weighted by molar-refractivity contribution is 6.29. The Morgan fingerprint density at radius 3 is 2.62 bits per heavy atom. The predicted octanol–water partition coefficient (Wildman–Crippen LogP) is 4.58. The van der Waals surface area contributed by atoms with Crippen LogP contribution in [0.4, 0.5) is 0 Å². The maximum atomic E-state index is 11.7. The topological polar surface area (TPSA) is 26.3 Å². The summed E-state index contributed by atoms with van der Waals surface area (Å²) in [6.45, 7) is 4.17. The molecule has 0 aromatic heterocycles. The molecule has 1 saturated carbocycles. The van der Waals surface area contributed by atoms with Crippen molar-refractivity contribution in [3.8, 4) is 0 Å². The lowest BCUT2D eigenvalue weighted by Crippen LogP contribution is -2.07. The molecule has 1 aromatic rings. The minimum atomic E-state index is -0.130. The molecule has 2 atom stereocenters. The molecule has 0 spiro atoms. The van der Waals surface area contributed by atoms with Gasteiger partial charge in [0.2, 0.25) is 0 Å². The number of hydrogen-bond acceptors (Lipinski definition) is 2. The number of methoxy groups -OCH3 is 1. The zero-order valence-corrected chi connectivity index (χ0v) is 13.7. The van der Waals surface area contributed by atoms with Crippen molar-refractivity contribution in [2.75, 3.05) is 7.11 Å². The van der Waals surface area contributed by atoms with Crippen molar-refractivity contribution in [3.05, 3.63) is 47.0 Å². The molecule has 2 nitrogen and oxygen atoms in total. The van der Waals surface area contributed by atoms with E-state index in [1.54, 1.807) is 0 Å². The van der Waals surface area contributed by atoms with Crippen LogP contribution in [-0.2, 0) is 16.0 Å². The van der Waals surface area contributed by atoms with Crippen LogP contribution < -0.4 is 0 Å². The number of halogens is 1. The van der Waals surface area contributed by atoms with E-state index in [1.807, 2.05) is 12.1 Å². The summed E-state index contributed by atoms with van der Waals surface area (Å²) >= 11 is 6.33. The first-order valence-corrected chi connectivity index (χ1v) is 7.82. The Bertz CT molecular complexity index is 519. The zero-order chi connectivity index (χ0) is 15.5. The second-order valence-electron chi connectivity index (χ2n) is 6.30. The fourth-order valence-electron chi connectivity index (χ4n) is 2.95. The van der Waals surface area contributed by atoms with Crippen molar-refractivity contribution in [1.29, 1.82) is 0 Å². The van der Waals surface area contributed by atoms with Gasteiger partial charge in [0.1, 0.15) is 0 Å². The smallest absolute Gasteiger partial charge is 0.309 e. The van der Waals surface area contributed by atoms with Crippen LogP contribution in [0.15, 0.2) is 41.4 Å². The largest absolute Gasteiger partial charge is 0.469 e. The molecule has 2 unspecified atom stereocenters. The van der Waals surface area contributed by atoms with Gasteiger partial charge in [-0.25, -0.2) is 0 Å². The molecule has 1 aliphatic carbocycles. The van der Waals surface area contributed by atoms with Gasteiger partial charge in [-0.3, -0.25) is 4.79 Å². The average Bonchev–Trinajstić information content (AvgIpc) is 3.00. The lowest BCUT2D eigenvalue weighted by Gasteiger charge is -2.02. The van der Waals surface area contributed by atoms with E-state index in [0.717, 1.165) is 24.3 Å². The number of ether oxygens (including phenoxy) is 1. The Hall–Kier alpha value is -1.28. The molecule has 2 rings (SSSR count). The number of esters is 1. The van der Waals surface area contributed by atoms with Gasteiger partial charge in [0.15, 0.2) is 0 Å². The molecular formula is C18H23ClO2. The van der Waals surface area contributed by atoms with Crippen LogP contribution in [0.5, 0.6) is 0 Å². The van der Waals surface area contributed by atoms with Gasteiger partial charge in [0.05, 0.1) is 13.0 Å². The number of allylic oxidation sites excluding steroid dienone is 2. The van der Waals surface area contributed by atoms with Crippen molar-refractivity contribution in [2.24, 2.45) is 17.3 Å². The average molecular weight is 307 g/mol. The van der Waals surface area contributed by atoms with Crippen LogP contribution >= 0.6 is 11.6 Å². The first-order chi connectivity index (χ1) is 9.96. The second kappa shape index (κ2) is 6.65. The molecule has 0 radical (unpaired) electrons. The number of benzene rings is 1. The van der Waals surface area contributed by atoms with Gasteiger partial charge in [-0.1, -0.05) is 61.9 Å². The molecule has 1 fully saturated rings. The molecule has 0 bridgehead atoms. The van der Waals surface area contributed by atoms with Crippen LogP contribution in [0.25, 0.3) is 0 Å². The van der Waals surface area contributed by atoms with E-state index < -0.39 is 0 Å². The Kier molecular flexibility index (Phi) is 5.10. The number of aryl methyl sites for hydroxylation is 1. The summed E-state index contributed by atoms with van der Waals surface area (Å²) in [4.78, 5) is 11.7. The van der Waals surface area contributed by atoms with Crippen LogP contribution in [0, 0.1) is 17.3 Å². The van der Waals surface area contributed by atoms with E-state index in [9.17, 15) is 4.79 Å². The highest BCUT2D eigenvalue weighted by atomic mass is 35.5. The fraction of sp³-hybridized carbons (Fsp3) is 0.500. The third-order valence-electron chi connectivity index (χ3n) is 4.45. The normalized spacial score (nSPS) is 23.7. The van der Waals surface area contributed by atoms with Crippen LogP contribution in [-0.4, -0.2) is 13.1 Å². The Balaban J connectivity index is 1.83. The fourth-order valence-corrected chi connectivity index (χ4v) is 3.22. The maximum Gasteiger partial charge on any atom is 0.309 e. The van der Waals surface area contributed by atoms with E-state index in [2.05, 4.69) is 38.1 Å². The monoisotopic (exact) mass is 306 g/mol. The third kappa shape index (κ3) is 3.88. The van der Waals surface area contributed by atoms with Crippen LogP contribution in [0.1, 0.15) is 32.3 Å². The molecule has 1 aromatic carbocycles. The van der Waals surface area contributed by atoms with Crippen molar-refractivity contribution in [3.63, 3.8) is 0 Å². The summed E-state index contributed by atoms with van der Waals surface area (Å²) in [7, 11) is 1.44. The Morgan fingerprint density at radius 1 is 1.33 bits per heavy atom. The molecule has 114 valence electrons. The van der Waals surface area contributed by atoms with Crippen molar-refractivity contribution in [2.45, 2.75) is 33.1 Å². The summed E-state index contributed by atoms with van der Waals surface area (Å²) in [6, 6.07) is 10.4. The molecule has 0 saturated heterocycles. The summed E-state index contributed by atoms with van der Waals surface area (Å²) in [5.74, 6) is 0.0227. The summed E-state index contributed by atoms with van der Waals surface area (Å²) in [5.41, 5.74) is 1.30. The highest BCUT2D eigenvalue weighted by Gasteiger charge is 2.61. The van der Waals surface area contributed by atoms with Crippen molar-refractivity contribution in [1.82, 2.24) is 0 Å². The van der Waals surface area contributed by atoms with Gasteiger partial charge in [-0.2, -0.15) is 0 Å². The molecule has 1 aliphatic rings. The number of carbonyl (C=O) groups is 1. The number of rotatable bonds is 6. The van der Waals surface area contributed by atoms with Crippen molar-refractivity contribution >= 4 is 17.6 Å². The zero-order valence-electron chi connectivity index (χ0n) is 12.9. The molecule has 3 heteroatoms. The predicted molar refractivity (Wildman–Crippen MR) is 86.1 cm³/mol. The maximum absolute atomic E-state index is 11.7. The van der Waals surface area contributed by atoms with E-state index >= 15 is 0 Å². The molecule has 0 aliphatic heterocycles. The summed E-state index contributed by atoms with van der Waals surface area (Å²) in [5, 5.41) is 0.857. The first kappa shape index (κ1) is 16.1. The van der Waals surface area contributed by atoms with Gasteiger partial charge >= 0.3 is 5.97 Å². The minimum Gasteiger partial charge on any atom is -0.469 e. The number of carbonyl (C=O) groups excluding carboxylic acids is 1. The van der Waals surface area contributed by atoms with Gasteiger partial charge in [0, 0.05) is 5.03 Å². The lowest BCUT2D eigenvalue weighted by molar-refractivity contribution is -0.143. The number of hydrogen-bond donors (Lipinski definition) is 0. The van der Waals surface area contributed by atoms with Gasteiger partial charge in [-0.15, -0.1) is 0 Å². The molecule has 0 amide bonds. The SMILES string of the molecule is COC(=O)C1C(/C=C(\Cl)CCCc2ccccc2)C1(C)C. The highest BCUT2D eigenvalue weighted by Crippen LogP contribution is 2.60. The molecular weight excluding hydrogens is 284 g/mol. The van der Waals surface area contributed by atoms with E-state index in [0.29, 0.717) is 0 Å². The van der Waals surface area contributed by atoms with E-state index in [1.165, 1.54) is 12.7 Å². The van der Waals surface area contributed by atoms with Crippen LogP contribution in [0.2, 0.25) is 0 Å². The Labute approximate surface area is 132 Å². The quantitative estimate of drug-likeness (QED) is 0.719. The van der Waals surface area contributed by atoms with E-state index in [-0.39, 0.29) is 23.2 Å². The van der Waals surface area contributed by atoms with Crippen LogP contribution in [0.3, 0.4) is 0 Å².